The highest BCUT2D eigenvalue weighted by Crippen LogP contribution is 2.34. The second-order valence-electron chi connectivity index (χ2n) is 5.22. The maximum Gasteiger partial charge on any atom is 0.127 e. The van der Waals surface area contributed by atoms with E-state index in [0.29, 0.717) is 5.75 Å². The summed E-state index contributed by atoms with van der Waals surface area (Å²) in [6, 6.07) is 25.5. The van der Waals surface area contributed by atoms with Gasteiger partial charge in [0.15, 0.2) is 0 Å². The Morgan fingerprint density at radius 1 is 0.870 bits per heavy atom. The lowest BCUT2D eigenvalue weighted by molar-refractivity contribution is 0.407. The van der Waals surface area contributed by atoms with Gasteiger partial charge in [0.2, 0.25) is 0 Å². The molecule has 2 heteroatoms. The van der Waals surface area contributed by atoms with Gasteiger partial charge in [0.05, 0.1) is 7.11 Å². The van der Waals surface area contributed by atoms with E-state index in [1.54, 1.807) is 13.2 Å². The number of methoxy groups -OCH3 is 1. The Bertz CT molecular complexity index is 806. The number of phenols is 1. The number of benzene rings is 3. The van der Waals surface area contributed by atoms with E-state index in [0.717, 1.165) is 22.3 Å². The van der Waals surface area contributed by atoms with Crippen molar-refractivity contribution in [2.75, 3.05) is 7.11 Å². The highest BCUT2D eigenvalue weighted by molar-refractivity contribution is 5.93. The third-order valence-corrected chi connectivity index (χ3v) is 3.69. The van der Waals surface area contributed by atoms with Crippen LogP contribution in [0.25, 0.3) is 11.6 Å². The third kappa shape index (κ3) is 3.43. The maximum absolute atomic E-state index is 10.4. The van der Waals surface area contributed by atoms with Crippen LogP contribution in [0.5, 0.6) is 11.5 Å². The van der Waals surface area contributed by atoms with E-state index in [1.807, 2.05) is 72.8 Å². The van der Waals surface area contributed by atoms with Gasteiger partial charge in [0.1, 0.15) is 11.5 Å². The average Bonchev–Trinajstić information content (AvgIpc) is 2.61. The first-order chi connectivity index (χ1) is 11.3. The van der Waals surface area contributed by atoms with E-state index < -0.39 is 0 Å². The Morgan fingerprint density at radius 2 is 1.52 bits per heavy atom. The summed E-state index contributed by atoms with van der Waals surface area (Å²) in [6.45, 7) is 0. The van der Waals surface area contributed by atoms with Gasteiger partial charge >= 0.3 is 0 Å². The van der Waals surface area contributed by atoms with Crippen LogP contribution >= 0.6 is 0 Å². The molecule has 0 aliphatic heterocycles. The molecule has 0 spiro atoms. The largest absolute Gasteiger partial charge is 0.507 e. The summed E-state index contributed by atoms with van der Waals surface area (Å²) in [5.74, 6) is 0.841. The number of hydrogen-bond donors (Lipinski definition) is 1. The Kier molecular flexibility index (Phi) is 4.44. The lowest BCUT2D eigenvalue weighted by Gasteiger charge is -2.12. The van der Waals surface area contributed by atoms with Crippen LogP contribution in [0.2, 0.25) is 0 Å². The van der Waals surface area contributed by atoms with E-state index in [4.69, 9.17) is 4.74 Å². The maximum atomic E-state index is 10.4. The van der Waals surface area contributed by atoms with E-state index in [-0.39, 0.29) is 5.75 Å². The van der Waals surface area contributed by atoms with Gasteiger partial charge in [-0.15, -0.1) is 0 Å². The van der Waals surface area contributed by atoms with Crippen molar-refractivity contribution in [3.8, 4) is 11.5 Å². The molecule has 0 amide bonds. The summed E-state index contributed by atoms with van der Waals surface area (Å²) in [6.07, 6.45) is 2.08. The van der Waals surface area contributed by atoms with Crippen LogP contribution in [0.15, 0.2) is 78.9 Å². The monoisotopic (exact) mass is 302 g/mol. The Balaban J connectivity index is 2.15. The van der Waals surface area contributed by atoms with Crippen LogP contribution in [0.1, 0.15) is 16.7 Å². The van der Waals surface area contributed by atoms with Crippen molar-refractivity contribution >= 4 is 11.6 Å². The molecular weight excluding hydrogens is 284 g/mol. The number of aromatic hydroxyl groups is 1. The van der Waals surface area contributed by atoms with Gasteiger partial charge in [-0.25, -0.2) is 0 Å². The summed E-state index contributed by atoms with van der Waals surface area (Å²) in [7, 11) is 1.59. The molecule has 0 bridgehead atoms. The second kappa shape index (κ2) is 6.84. The lowest BCUT2D eigenvalue weighted by atomic mass is 9.95. The summed E-state index contributed by atoms with van der Waals surface area (Å²) < 4.78 is 5.17. The molecule has 3 rings (SSSR count). The Morgan fingerprint density at radius 3 is 2.13 bits per heavy atom. The van der Waals surface area contributed by atoms with Gasteiger partial charge in [0.25, 0.3) is 0 Å². The van der Waals surface area contributed by atoms with Crippen LogP contribution < -0.4 is 4.74 Å². The van der Waals surface area contributed by atoms with Crippen molar-refractivity contribution in [2.24, 2.45) is 0 Å². The minimum atomic E-state index is 0.204. The van der Waals surface area contributed by atoms with Crippen molar-refractivity contribution < 1.29 is 9.84 Å². The summed E-state index contributed by atoms with van der Waals surface area (Å²) in [5, 5.41) is 10.4. The molecule has 23 heavy (non-hydrogen) atoms. The highest BCUT2D eigenvalue weighted by atomic mass is 16.5. The molecule has 1 N–H and O–H groups in total. The molecule has 2 nitrogen and oxygen atoms in total. The molecule has 0 aliphatic rings. The van der Waals surface area contributed by atoms with Gasteiger partial charge < -0.3 is 9.84 Å². The van der Waals surface area contributed by atoms with E-state index in [2.05, 4.69) is 6.08 Å². The fourth-order valence-electron chi connectivity index (χ4n) is 2.52. The third-order valence-electron chi connectivity index (χ3n) is 3.69. The zero-order chi connectivity index (χ0) is 16.1. The van der Waals surface area contributed by atoms with Crippen LogP contribution in [0, 0.1) is 0 Å². The van der Waals surface area contributed by atoms with Gasteiger partial charge in [-0.05, 0) is 34.9 Å². The number of rotatable bonds is 4. The van der Waals surface area contributed by atoms with Crippen molar-refractivity contribution in [3.63, 3.8) is 0 Å². The van der Waals surface area contributed by atoms with Gasteiger partial charge in [0, 0.05) is 11.6 Å². The minimum Gasteiger partial charge on any atom is -0.507 e. The minimum absolute atomic E-state index is 0.204. The molecule has 0 aliphatic carbocycles. The highest BCUT2D eigenvalue weighted by Gasteiger charge is 2.11. The molecule has 0 saturated heterocycles. The molecule has 0 radical (unpaired) electrons. The lowest BCUT2D eigenvalue weighted by Crippen LogP contribution is -1.91. The summed E-state index contributed by atoms with van der Waals surface area (Å²) in [5.41, 5.74) is 3.89. The zero-order valence-electron chi connectivity index (χ0n) is 12.9. The molecule has 0 aromatic heterocycles. The van der Waals surface area contributed by atoms with Crippen LogP contribution in [0.4, 0.5) is 0 Å². The first kappa shape index (κ1) is 14.9. The Labute approximate surface area is 136 Å². The average molecular weight is 302 g/mol. The van der Waals surface area contributed by atoms with Gasteiger partial charge in [-0.2, -0.15) is 0 Å². The topological polar surface area (TPSA) is 29.5 Å². The molecule has 0 fully saturated rings. The Hall–Kier alpha value is -3.00. The van der Waals surface area contributed by atoms with Crippen molar-refractivity contribution in [1.29, 1.82) is 0 Å². The molecule has 114 valence electrons. The molecule has 0 unspecified atom stereocenters. The second-order valence-corrected chi connectivity index (χ2v) is 5.22. The smallest absolute Gasteiger partial charge is 0.127 e. The summed E-state index contributed by atoms with van der Waals surface area (Å²) in [4.78, 5) is 0. The molecule has 0 saturated carbocycles. The van der Waals surface area contributed by atoms with Gasteiger partial charge in [-0.3, -0.25) is 0 Å². The van der Waals surface area contributed by atoms with E-state index in [9.17, 15) is 5.11 Å². The fourth-order valence-corrected chi connectivity index (χ4v) is 2.52. The first-order valence-corrected chi connectivity index (χ1v) is 7.47. The molecule has 0 heterocycles. The van der Waals surface area contributed by atoms with E-state index in [1.165, 1.54) is 0 Å². The van der Waals surface area contributed by atoms with Gasteiger partial charge in [-0.1, -0.05) is 60.7 Å². The number of ether oxygens (including phenoxy) is 1. The number of phenolic OH excluding ortho intramolecular Hbond substituents is 1. The number of hydrogen-bond acceptors (Lipinski definition) is 2. The van der Waals surface area contributed by atoms with Crippen molar-refractivity contribution in [1.82, 2.24) is 0 Å². The fraction of sp³-hybridized carbons (Fsp3) is 0.0476. The SMILES string of the molecule is COc1ccc(/C(=C/c2ccccc2)c2ccccc2)c(O)c1. The molecule has 3 aromatic rings. The van der Waals surface area contributed by atoms with Crippen LogP contribution in [-0.2, 0) is 0 Å². The standard InChI is InChI=1S/C21H18O2/c1-23-18-12-13-19(21(22)15-18)20(17-10-6-3-7-11-17)14-16-8-4-2-5-9-16/h2-15,22H,1H3/b20-14+. The van der Waals surface area contributed by atoms with E-state index >= 15 is 0 Å². The quantitative estimate of drug-likeness (QED) is 0.688. The molecule has 0 atom stereocenters. The predicted molar refractivity (Wildman–Crippen MR) is 94.5 cm³/mol. The molecular formula is C21H18O2. The molecule has 3 aromatic carbocycles. The van der Waals surface area contributed by atoms with Crippen LogP contribution in [0.3, 0.4) is 0 Å². The van der Waals surface area contributed by atoms with Crippen molar-refractivity contribution in [2.45, 2.75) is 0 Å². The predicted octanol–water partition coefficient (Wildman–Crippen LogP) is 4.99. The van der Waals surface area contributed by atoms with Crippen molar-refractivity contribution in [3.05, 3.63) is 95.6 Å². The van der Waals surface area contributed by atoms with Crippen LogP contribution in [-0.4, -0.2) is 12.2 Å². The summed E-state index contributed by atoms with van der Waals surface area (Å²) >= 11 is 0. The normalized spacial score (nSPS) is 11.3. The zero-order valence-corrected chi connectivity index (χ0v) is 12.9. The first-order valence-electron chi connectivity index (χ1n) is 7.47.